The second kappa shape index (κ2) is 10.9. The van der Waals surface area contributed by atoms with Crippen molar-refractivity contribution in [1.82, 2.24) is 0 Å². The van der Waals surface area contributed by atoms with Crippen molar-refractivity contribution in [3.63, 3.8) is 0 Å². The van der Waals surface area contributed by atoms with Gasteiger partial charge in [-0.25, -0.2) is 0 Å². The van der Waals surface area contributed by atoms with Crippen LogP contribution in [0.25, 0.3) is 22.3 Å². The smallest absolute Gasteiger partial charge is 0.0314 e. The molecule has 34 heavy (non-hydrogen) atoms. The van der Waals surface area contributed by atoms with Crippen LogP contribution < -0.4 is 17.2 Å². The molecule has 0 aliphatic heterocycles. The number of hydrogen-bond acceptors (Lipinski definition) is 3. The Morgan fingerprint density at radius 3 is 1.00 bits per heavy atom. The summed E-state index contributed by atoms with van der Waals surface area (Å²) in [7, 11) is 0. The Morgan fingerprint density at radius 2 is 0.618 bits per heavy atom. The molecule has 3 nitrogen and oxygen atoms in total. The van der Waals surface area contributed by atoms with E-state index in [1.165, 1.54) is 33.4 Å². The molecule has 3 heteroatoms. The minimum absolute atomic E-state index is 0.784. The van der Waals surface area contributed by atoms with E-state index in [0.29, 0.717) is 0 Å². The first-order chi connectivity index (χ1) is 16.6. The highest BCUT2D eigenvalue weighted by Gasteiger charge is 2.00. The lowest BCUT2D eigenvalue weighted by atomic mass is 10.00. The van der Waals surface area contributed by atoms with Crippen molar-refractivity contribution >= 4 is 17.1 Å². The maximum absolute atomic E-state index is 5.71. The summed E-state index contributed by atoms with van der Waals surface area (Å²) in [6.07, 6.45) is 0.973. The van der Waals surface area contributed by atoms with Gasteiger partial charge in [0.25, 0.3) is 0 Å². The minimum atomic E-state index is 0.784. The van der Waals surface area contributed by atoms with Crippen molar-refractivity contribution in [3.8, 4) is 22.3 Å². The molecular formula is C31H29N3. The molecule has 0 amide bonds. The van der Waals surface area contributed by atoms with Gasteiger partial charge in [-0.2, -0.15) is 0 Å². The van der Waals surface area contributed by atoms with Crippen LogP contribution in [0.2, 0.25) is 0 Å². The Balaban J connectivity index is 0.000000172. The van der Waals surface area contributed by atoms with Crippen molar-refractivity contribution < 1.29 is 0 Å². The molecule has 0 spiro atoms. The van der Waals surface area contributed by atoms with Gasteiger partial charge < -0.3 is 17.2 Å². The maximum Gasteiger partial charge on any atom is 0.0314 e. The maximum atomic E-state index is 5.71. The van der Waals surface area contributed by atoms with Crippen molar-refractivity contribution in [2.45, 2.75) is 6.42 Å². The van der Waals surface area contributed by atoms with Crippen LogP contribution in [0.4, 0.5) is 17.1 Å². The highest BCUT2D eigenvalue weighted by Crippen LogP contribution is 2.26. The van der Waals surface area contributed by atoms with E-state index in [1.54, 1.807) is 0 Å². The van der Waals surface area contributed by atoms with E-state index < -0.39 is 0 Å². The third-order valence-corrected chi connectivity index (χ3v) is 5.60. The Hall–Kier alpha value is -4.50. The number of nitrogens with two attached hydrogens (primary N) is 3. The molecule has 0 aromatic heterocycles. The van der Waals surface area contributed by atoms with E-state index in [2.05, 4.69) is 60.7 Å². The quantitative estimate of drug-likeness (QED) is 0.261. The van der Waals surface area contributed by atoms with Gasteiger partial charge >= 0.3 is 0 Å². The first-order valence-corrected chi connectivity index (χ1v) is 11.3. The zero-order valence-corrected chi connectivity index (χ0v) is 19.1. The van der Waals surface area contributed by atoms with Crippen LogP contribution in [-0.2, 0) is 6.42 Å². The molecule has 5 aromatic carbocycles. The molecule has 0 fully saturated rings. The fraction of sp³-hybridized carbons (Fsp3) is 0.0323. The van der Waals surface area contributed by atoms with Gasteiger partial charge in [0.15, 0.2) is 0 Å². The number of nitrogen functional groups attached to an aromatic ring is 3. The molecule has 0 saturated heterocycles. The highest BCUT2D eigenvalue weighted by atomic mass is 14.5. The third kappa shape index (κ3) is 6.27. The Labute approximate surface area is 201 Å². The molecule has 0 atom stereocenters. The largest absolute Gasteiger partial charge is 0.399 e. The van der Waals surface area contributed by atoms with Crippen LogP contribution in [0, 0.1) is 0 Å². The second-order valence-corrected chi connectivity index (χ2v) is 8.23. The standard InChI is InChI=1S/C18H16N2.C13H13N/c19-17-9-5-15(6-10-17)13-1-2-14(4-3-13)16-7-11-18(20)12-8-16;14-13-8-6-12(7-9-13)10-11-4-2-1-3-5-11/h1-12H,19-20H2;1-9H,10,14H2. The van der Waals surface area contributed by atoms with Gasteiger partial charge in [0, 0.05) is 17.1 Å². The first-order valence-electron chi connectivity index (χ1n) is 11.3. The first kappa shape index (κ1) is 22.7. The van der Waals surface area contributed by atoms with E-state index in [9.17, 15) is 0 Å². The zero-order valence-electron chi connectivity index (χ0n) is 19.1. The monoisotopic (exact) mass is 443 g/mol. The number of benzene rings is 5. The Bertz CT molecular complexity index is 1230. The van der Waals surface area contributed by atoms with Gasteiger partial charge in [0.1, 0.15) is 0 Å². The number of hydrogen-bond donors (Lipinski definition) is 3. The molecule has 0 unspecified atom stereocenters. The predicted molar refractivity (Wildman–Crippen MR) is 146 cm³/mol. The van der Waals surface area contributed by atoms with Crippen molar-refractivity contribution in [3.05, 3.63) is 139 Å². The summed E-state index contributed by atoms with van der Waals surface area (Å²) in [5, 5.41) is 0. The molecule has 0 heterocycles. The minimum Gasteiger partial charge on any atom is -0.399 e. The topological polar surface area (TPSA) is 78.1 Å². The summed E-state index contributed by atoms with van der Waals surface area (Å²) in [5.41, 5.74) is 26.8. The number of anilines is 3. The molecule has 168 valence electrons. The van der Waals surface area contributed by atoms with Crippen LogP contribution in [0.5, 0.6) is 0 Å². The second-order valence-electron chi connectivity index (χ2n) is 8.23. The lowest BCUT2D eigenvalue weighted by molar-refractivity contribution is 1.19. The molecule has 0 saturated carbocycles. The van der Waals surface area contributed by atoms with Gasteiger partial charge in [0.2, 0.25) is 0 Å². The Morgan fingerprint density at radius 1 is 0.324 bits per heavy atom. The average molecular weight is 444 g/mol. The van der Waals surface area contributed by atoms with Crippen molar-refractivity contribution in [2.24, 2.45) is 0 Å². The molecule has 5 aromatic rings. The predicted octanol–water partition coefficient (Wildman–Crippen LogP) is 7.04. The normalized spacial score (nSPS) is 10.2. The molecule has 0 bridgehead atoms. The summed E-state index contributed by atoms with van der Waals surface area (Å²) in [6, 6.07) is 42.8. The number of rotatable bonds is 4. The summed E-state index contributed by atoms with van der Waals surface area (Å²) < 4.78 is 0. The zero-order chi connectivity index (χ0) is 23.8. The van der Waals surface area contributed by atoms with Gasteiger partial charge in [-0.1, -0.05) is 91.0 Å². The van der Waals surface area contributed by atoms with E-state index in [1.807, 2.05) is 66.7 Å². The highest BCUT2D eigenvalue weighted by molar-refractivity contribution is 5.71. The van der Waals surface area contributed by atoms with Crippen LogP contribution in [0.15, 0.2) is 127 Å². The molecule has 5 rings (SSSR count). The third-order valence-electron chi connectivity index (χ3n) is 5.60. The van der Waals surface area contributed by atoms with Crippen LogP contribution >= 0.6 is 0 Å². The molecular weight excluding hydrogens is 414 g/mol. The van der Waals surface area contributed by atoms with Gasteiger partial charge in [-0.3, -0.25) is 0 Å². The van der Waals surface area contributed by atoms with Gasteiger partial charge in [-0.05, 0) is 76.2 Å². The molecule has 0 aliphatic rings. The average Bonchev–Trinajstić information content (AvgIpc) is 2.88. The van der Waals surface area contributed by atoms with E-state index in [4.69, 9.17) is 17.2 Å². The van der Waals surface area contributed by atoms with Crippen molar-refractivity contribution in [2.75, 3.05) is 17.2 Å². The van der Waals surface area contributed by atoms with Crippen molar-refractivity contribution in [1.29, 1.82) is 0 Å². The van der Waals surface area contributed by atoms with E-state index >= 15 is 0 Å². The Kier molecular flexibility index (Phi) is 7.26. The summed E-state index contributed by atoms with van der Waals surface area (Å²) >= 11 is 0. The summed E-state index contributed by atoms with van der Waals surface area (Å²) in [4.78, 5) is 0. The van der Waals surface area contributed by atoms with Crippen LogP contribution in [0.3, 0.4) is 0 Å². The molecule has 0 aliphatic carbocycles. The SMILES string of the molecule is Nc1ccc(-c2ccc(-c3ccc(N)cc3)cc2)cc1.Nc1ccc(Cc2ccccc2)cc1. The molecule has 6 N–H and O–H groups in total. The fourth-order valence-electron chi connectivity index (χ4n) is 3.67. The van der Waals surface area contributed by atoms with Crippen LogP contribution in [0.1, 0.15) is 11.1 Å². The van der Waals surface area contributed by atoms with E-state index in [-0.39, 0.29) is 0 Å². The fourth-order valence-corrected chi connectivity index (χ4v) is 3.67. The summed E-state index contributed by atoms with van der Waals surface area (Å²) in [6.45, 7) is 0. The van der Waals surface area contributed by atoms with E-state index in [0.717, 1.165) is 23.5 Å². The van der Waals surface area contributed by atoms with Gasteiger partial charge in [0.05, 0.1) is 0 Å². The summed E-state index contributed by atoms with van der Waals surface area (Å²) in [5.74, 6) is 0. The molecule has 0 radical (unpaired) electrons. The van der Waals surface area contributed by atoms with Gasteiger partial charge in [-0.15, -0.1) is 0 Å². The lowest BCUT2D eigenvalue weighted by Gasteiger charge is -2.06. The van der Waals surface area contributed by atoms with Crippen LogP contribution in [-0.4, -0.2) is 0 Å². The lowest BCUT2D eigenvalue weighted by Crippen LogP contribution is -1.89.